The van der Waals surface area contributed by atoms with Gasteiger partial charge in [-0.05, 0) is 49.1 Å². The summed E-state index contributed by atoms with van der Waals surface area (Å²) in [6.07, 6.45) is 11.5. The van der Waals surface area contributed by atoms with Gasteiger partial charge in [0.2, 0.25) is 0 Å². The first-order chi connectivity index (χ1) is 24.4. The Morgan fingerprint density at radius 2 is 1.38 bits per heavy atom. The van der Waals surface area contributed by atoms with Crippen LogP contribution in [0.15, 0.2) is 96.7 Å². The molecule has 0 amide bonds. The van der Waals surface area contributed by atoms with Crippen LogP contribution in [0.1, 0.15) is 71.4 Å². The van der Waals surface area contributed by atoms with E-state index in [0.717, 1.165) is 72.0 Å². The largest absolute Gasteiger partial charge is 0.344 e. The number of nitrogens with two attached hydrogens (primary N) is 2. The number of nitrogens with zero attached hydrogens (tertiary/aromatic N) is 4. The predicted molar refractivity (Wildman–Crippen MR) is 228 cm³/mol. The molecule has 0 fully saturated rings. The molecule has 0 radical (unpaired) electrons. The van der Waals surface area contributed by atoms with Crippen molar-refractivity contribution in [3.05, 3.63) is 108 Å². The highest BCUT2D eigenvalue weighted by atomic mass is 15.3. The van der Waals surface area contributed by atoms with Crippen molar-refractivity contribution in [3.63, 3.8) is 0 Å². The van der Waals surface area contributed by atoms with Crippen molar-refractivity contribution < 1.29 is 9.80 Å². The summed E-state index contributed by atoms with van der Waals surface area (Å²) in [7, 11) is 13.9. The third-order valence-electron chi connectivity index (χ3n) is 11.9. The molecule has 4 N–H and O–H groups in total. The lowest BCUT2D eigenvalue weighted by atomic mass is 9.80. The third-order valence-corrected chi connectivity index (χ3v) is 11.9. The van der Waals surface area contributed by atoms with Gasteiger partial charge in [0, 0.05) is 72.4 Å². The zero-order valence-corrected chi connectivity index (χ0v) is 34.9. The number of quaternary nitrogens is 4. The fourth-order valence-corrected chi connectivity index (χ4v) is 7.91. The second-order valence-corrected chi connectivity index (χ2v) is 18.1. The van der Waals surface area contributed by atoms with Gasteiger partial charge in [-0.3, -0.25) is 8.97 Å². The molecule has 1 aliphatic rings. The van der Waals surface area contributed by atoms with E-state index in [9.17, 15) is 0 Å². The maximum Gasteiger partial charge on any atom is 0.133 e. The molecular formula is C46H74N6+4. The van der Waals surface area contributed by atoms with E-state index in [2.05, 4.69) is 178 Å². The van der Waals surface area contributed by atoms with Gasteiger partial charge in [0.25, 0.3) is 0 Å². The molecule has 1 heterocycles. The smallest absolute Gasteiger partial charge is 0.133 e. The molecule has 6 nitrogen and oxygen atoms in total. The molecule has 0 aliphatic carbocycles. The maximum absolute atomic E-state index is 5.77. The minimum atomic E-state index is -0.0554. The van der Waals surface area contributed by atoms with Gasteiger partial charge in [-0.1, -0.05) is 76.2 Å². The summed E-state index contributed by atoms with van der Waals surface area (Å²) >= 11 is 0. The third kappa shape index (κ3) is 10.2. The van der Waals surface area contributed by atoms with Crippen molar-refractivity contribution in [2.24, 2.45) is 5.73 Å². The summed E-state index contributed by atoms with van der Waals surface area (Å²) < 4.78 is 2.82. The summed E-state index contributed by atoms with van der Waals surface area (Å²) in [5.41, 5.74) is 15.4. The first-order valence-corrected chi connectivity index (χ1v) is 19.9. The van der Waals surface area contributed by atoms with Crippen molar-refractivity contribution in [1.82, 2.24) is 8.97 Å². The molecule has 0 atom stereocenters. The Balaban J connectivity index is 1.44. The van der Waals surface area contributed by atoms with E-state index < -0.39 is 0 Å². The van der Waals surface area contributed by atoms with E-state index in [0.29, 0.717) is 0 Å². The highest BCUT2D eigenvalue weighted by Gasteiger charge is 2.39. The lowest BCUT2D eigenvalue weighted by Gasteiger charge is -2.32. The fourth-order valence-electron chi connectivity index (χ4n) is 7.91. The van der Waals surface area contributed by atoms with Crippen LogP contribution in [0, 0.1) is 0 Å². The molecule has 1 aliphatic heterocycles. The van der Waals surface area contributed by atoms with Crippen LogP contribution in [-0.4, -0.2) is 92.6 Å². The average Bonchev–Trinajstić information content (AvgIpc) is 3.32. The molecule has 0 saturated heterocycles. The van der Waals surface area contributed by atoms with Gasteiger partial charge in [-0.25, -0.2) is 0 Å². The van der Waals surface area contributed by atoms with Crippen LogP contribution in [0.2, 0.25) is 0 Å². The molecule has 0 saturated carbocycles. The van der Waals surface area contributed by atoms with Gasteiger partial charge in [0.05, 0.1) is 75.0 Å². The average molecular weight is 711 g/mol. The molecule has 3 aromatic carbocycles. The Hall–Kier alpha value is -3.26. The van der Waals surface area contributed by atoms with Crippen molar-refractivity contribution in [3.8, 4) is 0 Å². The monoisotopic (exact) mass is 711 g/mol. The summed E-state index contributed by atoms with van der Waals surface area (Å²) in [6.45, 7) is 19.2. The van der Waals surface area contributed by atoms with E-state index in [-0.39, 0.29) is 10.8 Å². The zero-order valence-electron chi connectivity index (χ0n) is 34.9. The standard InChI is InChI=1S/C46H73N6/c1-12-51(8,9)38-27-29-39(30-28-38)52(10,11)37-21-34-49-43-25-16-14-23-41(43)46(4,5)44(49)26-17-18-31-45(2,3)40-22-13-15-24-42(40)48-33-20-36-50(6,7)35-19-32-47/h13-18,22-30,48H,12,19-21,31-37,47H2,1-11H3/q+3/p+1. The highest BCUT2D eigenvalue weighted by molar-refractivity contribution is 5.70. The number of fused-ring (bicyclic) bond motifs is 1. The normalized spacial score (nSPS) is 15.9. The Morgan fingerprint density at radius 3 is 2.06 bits per heavy atom. The van der Waals surface area contributed by atoms with Crippen molar-refractivity contribution >= 4 is 22.7 Å². The molecular weight excluding hydrogens is 637 g/mol. The zero-order chi connectivity index (χ0) is 38.2. The molecule has 0 unspecified atom stereocenters. The molecule has 0 bridgehead atoms. The van der Waals surface area contributed by atoms with Crippen LogP contribution in [-0.2, 0) is 10.8 Å². The molecule has 4 rings (SSSR count). The van der Waals surface area contributed by atoms with E-state index in [4.69, 9.17) is 5.73 Å². The molecule has 3 aromatic rings. The summed E-state index contributed by atoms with van der Waals surface area (Å²) in [5, 5.41) is 2.46. The Bertz CT molecular complexity index is 1640. The lowest BCUT2D eigenvalue weighted by Crippen LogP contribution is -2.79. The Morgan fingerprint density at radius 1 is 0.769 bits per heavy atom. The molecule has 284 valence electrons. The van der Waals surface area contributed by atoms with Gasteiger partial charge in [-0.15, -0.1) is 0 Å². The fraction of sp³-hybridized carbons (Fsp3) is 0.522. The van der Waals surface area contributed by atoms with Gasteiger partial charge in [0.1, 0.15) is 17.1 Å². The number of hydrogen-bond donors (Lipinski definition) is 2. The van der Waals surface area contributed by atoms with Crippen LogP contribution in [0.3, 0.4) is 0 Å². The van der Waals surface area contributed by atoms with Crippen LogP contribution >= 0.6 is 0 Å². The summed E-state index contributed by atoms with van der Waals surface area (Å²) in [5.74, 6) is 0. The van der Waals surface area contributed by atoms with Crippen LogP contribution in [0.4, 0.5) is 22.7 Å². The second kappa shape index (κ2) is 17.3. The van der Waals surface area contributed by atoms with Gasteiger partial charge >= 0.3 is 0 Å². The maximum atomic E-state index is 5.77. The lowest BCUT2D eigenvalue weighted by molar-refractivity contribution is -0.891. The Labute approximate surface area is 318 Å². The molecule has 0 aromatic heterocycles. The minimum Gasteiger partial charge on any atom is -0.344 e. The SMILES string of the molecule is CC[N+](C)(C)c1ccc([N+](C)(C)CCCN2C(=CC=CCC(C)(C)c3ccccc3[NH2+]CCC[N+](C)(C)CCCN)C(C)(C)c3ccccc32)cc1. The summed E-state index contributed by atoms with van der Waals surface area (Å²) in [6, 6.07) is 27.3. The number of benzene rings is 3. The van der Waals surface area contributed by atoms with Crippen LogP contribution in [0.5, 0.6) is 0 Å². The highest BCUT2D eigenvalue weighted by Crippen LogP contribution is 2.47. The van der Waals surface area contributed by atoms with Crippen molar-refractivity contribution in [1.29, 1.82) is 0 Å². The topological polar surface area (TPSA) is 45.9 Å². The van der Waals surface area contributed by atoms with Gasteiger partial charge < -0.3 is 20.4 Å². The molecule has 0 spiro atoms. The van der Waals surface area contributed by atoms with E-state index in [1.807, 2.05) is 0 Å². The number of rotatable bonds is 19. The van der Waals surface area contributed by atoms with E-state index in [1.165, 1.54) is 52.5 Å². The first kappa shape index (κ1) is 41.5. The van der Waals surface area contributed by atoms with Crippen LogP contribution in [0.25, 0.3) is 0 Å². The number of anilines is 1. The second-order valence-electron chi connectivity index (χ2n) is 18.1. The van der Waals surface area contributed by atoms with Crippen LogP contribution < -0.4 is 24.9 Å². The quantitative estimate of drug-likeness (QED) is 0.0757. The number of allylic oxidation sites excluding steroid dienone is 4. The first-order valence-electron chi connectivity index (χ1n) is 19.9. The van der Waals surface area contributed by atoms with E-state index in [1.54, 1.807) is 0 Å². The summed E-state index contributed by atoms with van der Waals surface area (Å²) in [4.78, 5) is 2.59. The minimum absolute atomic E-state index is 0.0272. The Kier molecular flexibility index (Phi) is 13.8. The van der Waals surface area contributed by atoms with E-state index >= 15 is 0 Å². The molecule has 6 heteroatoms. The predicted octanol–water partition coefficient (Wildman–Crippen LogP) is 7.85. The van der Waals surface area contributed by atoms with Crippen molar-refractivity contribution in [2.75, 3.05) is 93.0 Å². The van der Waals surface area contributed by atoms with Gasteiger partial charge in [0.15, 0.2) is 0 Å². The number of para-hydroxylation sites is 2. The van der Waals surface area contributed by atoms with Gasteiger partial charge in [-0.2, -0.15) is 0 Å². The number of hydrogen-bond acceptors (Lipinski definition) is 2. The molecule has 52 heavy (non-hydrogen) atoms. The van der Waals surface area contributed by atoms with Crippen molar-refractivity contribution in [2.45, 2.75) is 71.1 Å².